The third-order valence-corrected chi connectivity index (χ3v) is 8.43. The van der Waals surface area contributed by atoms with Crippen molar-refractivity contribution in [2.45, 2.75) is 67.0 Å². The number of anilines is 2. The molecule has 0 bridgehead atoms. The van der Waals surface area contributed by atoms with E-state index in [1.165, 1.54) is 39.9 Å². The average Bonchev–Trinajstić information content (AvgIpc) is 3.00. The molecule has 1 fully saturated rings. The second-order valence-corrected chi connectivity index (χ2v) is 12.6. The summed E-state index contributed by atoms with van der Waals surface area (Å²) in [5.74, 6) is 1.49. The summed E-state index contributed by atoms with van der Waals surface area (Å²) in [6.45, 7) is 23.3. The molecule has 1 atom stereocenters. The number of aryl methyl sites for hydroxylation is 1. The molecule has 0 N–H and O–H groups in total. The standard InChI is InChI=1S/C29H36FN3O.C10H18/c1-5-25-27(31(3)4)7-6-8-29(25)34-21-24-12-10-23(11-13-24)20-32-15-17-33(18-16-32)28-14-9-22(2)19-26(28)30;1-8(2)6-7-10(5)9(3)4/h6-14,19H,5,15-18,20-21H2,1-4H3;10H,1,3,6-7H2,2,4-5H3. The molecule has 1 aliphatic heterocycles. The van der Waals surface area contributed by atoms with E-state index in [1.54, 1.807) is 6.07 Å². The largest absolute Gasteiger partial charge is 0.489 e. The highest BCUT2D eigenvalue weighted by atomic mass is 19.1. The van der Waals surface area contributed by atoms with E-state index in [9.17, 15) is 4.39 Å². The Morgan fingerprint density at radius 3 is 2.18 bits per heavy atom. The van der Waals surface area contributed by atoms with Gasteiger partial charge in [-0.15, -0.1) is 6.58 Å². The number of halogens is 1. The van der Waals surface area contributed by atoms with Crippen molar-refractivity contribution >= 4 is 11.4 Å². The zero-order valence-electron chi connectivity index (χ0n) is 28.3. The summed E-state index contributed by atoms with van der Waals surface area (Å²) in [5.41, 5.74) is 9.14. The van der Waals surface area contributed by atoms with Crippen LogP contribution in [0.2, 0.25) is 0 Å². The molecule has 1 unspecified atom stereocenters. The Kier molecular flexibility index (Phi) is 13.5. The van der Waals surface area contributed by atoms with Crippen molar-refractivity contribution in [1.82, 2.24) is 4.90 Å². The average molecular weight is 600 g/mol. The van der Waals surface area contributed by atoms with Crippen LogP contribution < -0.4 is 14.5 Å². The number of ether oxygens (including phenoxy) is 1. The van der Waals surface area contributed by atoms with Gasteiger partial charge in [0.05, 0.1) is 5.69 Å². The Morgan fingerprint density at radius 1 is 0.955 bits per heavy atom. The molecule has 3 aromatic carbocycles. The number of hydrogen-bond acceptors (Lipinski definition) is 4. The maximum Gasteiger partial charge on any atom is 0.146 e. The highest BCUT2D eigenvalue weighted by Crippen LogP contribution is 2.29. The predicted molar refractivity (Wildman–Crippen MR) is 188 cm³/mol. The summed E-state index contributed by atoms with van der Waals surface area (Å²) < 4.78 is 20.5. The van der Waals surface area contributed by atoms with Gasteiger partial charge in [0.2, 0.25) is 0 Å². The van der Waals surface area contributed by atoms with E-state index < -0.39 is 0 Å². The van der Waals surface area contributed by atoms with Crippen LogP contribution in [0.3, 0.4) is 0 Å². The second-order valence-electron chi connectivity index (χ2n) is 12.6. The van der Waals surface area contributed by atoms with Crippen LogP contribution in [-0.2, 0) is 19.6 Å². The summed E-state index contributed by atoms with van der Waals surface area (Å²) in [7, 11) is 4.13. The van der Waals surface area contributed by atoms with Crippen LogP contribution in [0.4, 0.5) is 15.8 Å². The highest BCUT2D eigenvalue weighted by Gasteiger charge is 2.19. The first-order valence-corrected chi connectivity index (χ1v) is 16.0. The van der Waals surface area contributed by atoms with Gasteiger partial charge in [-0.1, -0.05) is 68.0 Å². The molecule has 5 heteroatoms. The number of nitrogens with zero attached hydrogens (tertiary/aromatic N) is 3. The molecule has 0 amide bonds. The van der Waals surface area contributed by atoms with Crippen molar-refractivity contribution in [3.05, 3.63) is 113 Å². The van der Waals surface area contributed by atoms with Crippen LogP contribution in [0, 0.1) is 18.7 Å². The zero-order chi connectivity index (χ0) is 32.2. The summed E-state index contributed by atoms with van der Waals surface area (Å²) in [6, 6.07) is 20.5. The van der Waals surface area contributed by atoms with Crippen LogP contribution in [0.5, 0.6) is 5.75 Å². The van der Waals surface area contributed by atoms with Crippen LogP contribution >= 0.6 is 0 Å². The van der Waals surface area contributed by atoms with Crippen LogP contribution in [0.25, 0.3) is 0 Å². The molecule has 1 aliphatic rings. The Bertz CT molecular complexity index is 1360. The number of hydrogen-bond donors (Lipinski definition) is 0. The minimum absolute atomic E-state index is 0.120. The molecule has 4 rings (SSSR count). The third-order valence-electron chi connectivity index (χ3n) is 8.43. The van der Waals surface area contributed by atoms with Gasteiger partial charge in [-0.3, -0.25) is 4.90 Å². The summed E-state index contributed by atoms with van der Waals surface area (Å²) in [4.78, 5) is 6.73. The van der Waals surface area contributed by atoms with Crippen molar-refractivity contribution in [3.8, 4) is 5.75 Å². The summed E-state index contributed by atoms with van der Waals surface area (Å²) in [5, 5.41) is 0. The topological polar surface area (TPSA) is 19.0 Å². The van der Waals surface area contributed by atoms with Crippen LogP contribution in [0.15, 0.2) is 85.0 Å². The number of piperazine rings is 1. The predicted octanol–water partition coefficient (Wildman–Crippen LogP) is 9.22. The van der Waals surface area contributed by atoms with E-state index in [0.717, 1.165) is 62.6 Å². The highest BCUT2D eigenvalue weighted by molar-refractivity contribution is 5.58. The molecule has 0 radical (unpaired) electrons. The third kappa shape index (κ3) is 10.6. The molecule has 3 aromatic rings. The lowest BCUT2D eigenvalue weighted by molar-refractivity contribution is 0.249. The van der Waals surface area contributed by atoms with Crippen molar-refractivity contribution in [2.75, 3.05) is 50.1 Å². The molecule has 0 aromatic heterocycles. The van der Waals surface area contributed by atoms with Gasteiger partial charge < -0.3 is 14.5 Å². The van der Waals surface area contributed by atoms with Gasteiger partial charge >= 0.3 is 0 Å². The summed E-state index contributed by atoms with van der Waals surface area (Å²) >= 11 is 0. The SMILES string of the molecule is C=C(C)CCC(C)C(=C)C.CCc1c(OCc2ccc(CN3CCN(c4ccc(C)cc4F)CC3)cc2)cccc1N(C)C. The van der Waals surface area contributed by atoms with Gasteiger partial charge in [0.15, 0.2) is 0 Å². The molecule has 0 spiro atoms. The number of rotatable bonds is 12. The second kappa shape index (κ2) is 17.1. The fourth-order valence-electron chi connectivity index (χ4n) is 5.35. The van der Waals surface area contributed by atoms with E-state index in [1.807, 2.05) is 19.1 Å². The lowest BCUT2D eigenvalue weighted by Crippen LogP contribution is -2.46. The van der Waals surface area contributed by atoms with E-state index in [2.05, 4.69) is 112 Å². The van der Waals surface area contributed by atoms with E-state index in [0.29, 0.717) is 12.5 Å². The molecule has 1 saturated heterocycles. The van der Waals surface area contributed by atoms with Gasteiger partial charge in [-0.25, -0.2) is 4.39 Å². The molecule has 0 saturated carbocycles. The molecular formula is C39H54FN3O. The van der Waals surface area contributed by atoms with Gasteiger partial charge in [0, 0.05) is 58.1 Å². The zero-order valence-corrected chi connectivity index (χ0v) is 28.3. The molecule has 4 nitrogen and oxygen atoms in total. The fraction of sp³-hybridized carbons (Fsp3) is 0.436. The van der Waals surface area contributed by atoms with Crippen molar-refractivity contribution in [3.63, 3.8) is 0 Å². The maximum atomic E-state index is 14.3. The first-order valence-electron chi connectivity index (χ1n) is 16.0. The number of allylic oxidation sites excluding steroid dienone is 2. The molecule has 44 heavy (non-hydrogen) atoms. The first-order chi connectivity index (χ1) is 21.0. The molecular weight excluding hydrogens is 545 g/mol. The molecule has 1 heterocycles. The fourth-order valence-corrected chi connectivity index (χ4v) is 5.35. The van der Waals surface area contributed by atoms with E-state index >= 15 is 0 Å². The minimum Gasteiger partial charge on any atom is -0.489 e. The van der Waals surface area contributed by atoms with E-state index in [4.69, 9.17) is 4.74 Å². The number of benzene rings is 3. The van der Waals surface area contributed by atoms with Crippen molar-refractivity contribution in [2.24, 2.45) is 5.92 Å². The Balaban J connectivity index is 0.000000456. The minimum atomic E-state index is -0.120. The lowest BCUT2D eigenvalue weighted by atomic mass is 9.97. The van der Waals surface area contributed by atoms with Gasteiger partial charge in [-0.2, -0.15) is 0 Å². The lowest BCUT2D eigenvalue weighted by Gasteiger charge is -2.36. The van der Waals surface area contributed by atoms with E-state index in [-0.39, 0.29) is 5.82 Å². The maximum absolute atomic E-state index is 14.3. The normalized spacial score (nSPS) is 14.0. The van der Waals surface area contributed by atoms with Crippen LogP contribution in [-0.4, -0.2) is 45.2 Å². The Labute approximate surface area is 266 Å². The van der Waals surface area contributed by atoms with Gasteiger partial charge in [0.25, 0.3) is 0 Å². The van der Waals surface area contributed by atoms with Crippen molar-refractivity contribution in [1.29, 1.82) is 0 Å². The van der Waals surface area contributed by atoms with Gasteiger partial charge in [0.1, 0.15) is 18.2 Å². The summed E-state index contributed by atoms with van der Waals surface area (Å²) in [6.07, 6.45) is 3.27. The smallest absolute Gasteiger partial charge is 0.146 e. The quantitative estimate of drug-likeness (QED) is 0.193. The van der Waals surface area contributed by atoms with Crippen LogP contribution in [0.1, 0.15) is 62.8 Å². The molecule has 238 valence electrons. The Morgan fingerprint density at radius 2 is 1.61 bits per heavy atom. The van der Waals surface area contributed by atoms with Gasteiger partial charge in [-0.05, 0) is 86.9 Å². The first kappa shape index (κ1) is 34.9. The monoisotopic (exact) mass is 599 g/mol. The molecule has 0 aliphatic carbocycles. The van der Waals surface area contributed by atoms with Crippen molar-refractivity contribution < 1.29 is 9.13 Å². The Hall–Kier alpha value is -3.57.